The maximum atomic E-state index is 12.9. The van der Waals surface area contributed by atoms with E-state index in [0.29, 0.717) is 6.07 Å². The summed E-state index contributed by atoms with van der Waals surface area (Å²) >= 11 is 0. The van der Waals surface area contributed by atoms with Crippen molar-refractivity contribution in [3.63, 3.8) is 0 Å². The van der Waals surface area contributed by atoms with Crippen molar-refractivity contribution in [3.05, 3.63) is 47.9 Å². The largest absolute Gasteiger partial charge is 0.476 e. The lowest BCUT2D eigenvalue weighted by atomic mass is 10.3. The van der Waals surface area contributed by atoms with Crippen LogP contribution >= 0.6 is 0 Å². The third-order valence-corrected chi connectivity index (χ3v) is 1.89. The molecule has 1 heterocycles. The first-order chi connectivity index (χ1) is 8.54. The first kappa shape index (κ1) is 11.9. The van der Waals surface area contributed by atoms with Crippen molar-refractivity contribution in [1.29, 1.82) is 0 Å². The minimum atomic E-state index is -1.28. The lowest BCUT2D eigenvalue weighted by molar-refractivity contribution is 0.0689. The molecule has 0 amide bonds. The van der Waals surface area contributed by atoms with Crippen LogP contribution < -0.4 is 4.74 Å². The summed E-state index contributed by atoms with van der Waals surface area (Å²) in [5.74, 6) is -3.21. The molecule has 0 radical (unpaired) electrons. The highest BCUT2D eigenvalue weighted by molar-refractivity contribution is 5.84. The van der Waals surface area contributed by atoms with E-state index in [0.717, 1.165) is 24.5 Å². The van der Waals surface area contributed by atoms with Gasteiger partial charge in [0, 0.05) is 18.2 Å². The van der Waals surface area contributed by atoms with Gasteiger partial charge in [-0.2, -0.15) is 0 Å². The molecule has 5 nitrogen and oxygen atoms in total. The summed E-state index contributed by atoms with van der Waals surface area (Å²) in [5.41, 5.74) is -0.329. The Kier molecular flexibility index (Phi) is 3.13. The molecule has 0 atom stereocenters. The van der Waals surface area contributed by atoms with Crippen LogP contribution in [0.1, 0.15) is 10.5 Å². The molecular formula is C11H6F2N2O3. The van der Waals surface area contributed by atoms with Gasteiger partial charge in [-0.1, -0.05) is 0 Å². The average Bonchev–Trinajstić information content (AvgIpc) is 2.27. The minimum absolute atomic E-state index is 0.135. The van der Waals surface area contributed by atoms with Crippen molar-refractivity contribution in [1.82, 2.24) is 9.97 Å². The Labute approximate surface area is 99.7 Å². The number of carbonyl (C=O) groups is 1. The van der Waals surface area contributed by atoms with E-state index in [4.69, 9.17) is 9.84 Å². The molecule has 0 unspecified atom stereocenters. The number of hydrogen-bond donors (Lipinski definition) is 1. The smallest absolute Gasteiger partial charge is 0.356 e. The Morgan fingerprint density at radius 2 is 1.83 bits per heavy atom. The molecule has 0 fully saturated rings. The Morgan fingerprint density at radius 1 is 1.17 bits per heavy atom. The fourth-order valence-electron chi connectivity index (χ4n) is 1.21. The molecule has 0 saturated heterocycles. The predicted octanol–water partition coefficient (Wildman–Crippen LogP) is 2.25. The molecule has 2 rings (SSSR count). The highest BCUT2D eigenvalue weighted by atomic mass is 19.1. The number of rotatable bonds is 3. The molecule has 0 bridgehead atoms. The molecule has 0 aliphatic rings. The molecular weight excluding hydrogens is 246 g/mol. The van der Waals surface area contributed by atoms with Crippen LogP contribution in [0.2, 0.25) is 0 Å². The fraction of sp³-hybridized carbons (Fsp3) is 0. The molecule has 0 aliphatic heterocycles. The van der Waals surface area contributed by atoms with Gasteiger partial charge in [-0.15, -0.1) is 0 Å². The second kappa shape index (κ2) is 4.74. The monoisotopic (exact) mass is 252 g/mol. The Hall–Kier alpha value is -2.57. The number of nitrogens with zero attached hydrogens (tertiary/aromatic N) is 2. The summed E-state index contributed by atoms with van der Waals surface area (Å²) in [6, 6.07) is 2.57. The minimum Gasteiger partial charge on any atom is -0.476 e. The van der Waals surface area contributed by atoms with Gasteiger partial charge in [0.05, 0.1) is 12.4 Å². The van der Waals surface area contributed by atoms with Crippen molar-refractivity contribution < 1.29 is 23.4 Å². The molecule has 0 spiro atoms. The molecule has 92 valence electrons. The number of hydrogen-bond acceptors (Lipinski definition) is 4. The zero-order valence-electron chi connectivity index (χ0n) is 8.80. The van der Waals surface area contributed by atoms with Crippen LogP contribution in [0.3, 0.4) is 0 Å². The van der Waals surface area contributed by atoms with E-state index in [9.17, 15) is 13.6 Å². The Morgan fingerprint density at radius 3 is 2.44 bits per heavy atom. The number of aromatic nitrogens is 2. The first-order valence-corrected chi connectivity index (χ1v) is 4.74. The number of carboxylic acid groups (broad SMARTS) is 1. The fourth-order valence-corrected chi connectivity index (χ4v) is 1.21. The van der Waals surface area contributed by atoms with Crippen LogP contribution in [0.4, 0.5) is 8.78 Å². The van der Waals surface area contributed by atoms with Crippen LogP contribution in [0, 0.1) is 11.6 Å². The van der Waals surface area contributed by atoms with E-state index in [1.54, 1.807) is 0 Å². The molecule has 2 aromatic rings. The number of carboxylic acids is 1. The van der Waals surface area contributed by atoms with Gasteiger partial charge in [0.2, 0.25) is 5.88 Å². The quantitative estimate of drug-likeness (QED) is 0.906. The molecule has 1 N–H and O–H groups in total. The van der Waals surface area contributed by atoms with E-state index in [2.05, 4.69) is 9.97 Å². The third kappa shape index (κ3) is 2.76. The van der Waals surface area contributed by atoms with Crippen molar-refractivity contribution in [3.8, 4) is 11.6 Å². The van der Waals surface area contributed by atoms with Gasteiger partial charge in [-0.05, 0) is 0 Å². The Balaban J connectivity index is 2.28. The van der Waals surface area contributed by atoms with Crippen LogP contribution in [0.25, 0.3) is 0 Å². The summed E-state index contributed by atoms with van der Waals surface area (Å²) in [6.45, 7) is 0. The SMILES string of the molecule is O=C(O)c1cncc(Oc2cc(F)cc(F)c2)n1. The second-order valence-electron chi connectivity index (χ2n) is 3.25. The van der Waals surface area contributed by atoms with Gasteiger partial charge in [0.15, 0.2) is 5.69 Å². The van der Waals surface area contributed by atoms with Crippen LogP contribution in [0.15, 0.2) is 30.6 Å². The molecule has 1 aromatic heterocycles. The zero-order valence-corrected chi connectivity index (χ0v) is 8.80. The normalized spacial score (nSPS) is 10.1. The maximum absolute atomic E-state index is 12.9. The van der Waals surface area contributed by atoms with E-state index in [1.165, 1.54) is 0 Å². The van der Waals surface area contributed by atoms with Crippen molar-refractivity contribution in [2.24, 2.45) is 0 Å². The Bertz CT molecular complexity index is 584. The molecule has 18 heavy (non-hydrogen) atoms. The van der Waals surface area contributed by atoms with Gasteiger partial charge in [0.25, 0.3) is 0 Å². The number of aromatic carboxylic acids is 1. The van der Waals surface area contributed by atoms with Crippen LogP contribution in [0.5, 0.6) is 11.6 Å². The standard InChI is InChI=1S/C11H6F2N2O3/c12-6-1-7(13)3-8(2-6)18-10-5-14-4-9(15-10)11(16)17/h1-5H,(H,16,17). The lowest BCUT2D eigenvalue weighted by Gasteiger charge is -2.04. The average molecular weight is 252 g/mol. The third-order valence-electron chi connectivity index (χ3n) is 1.89. The highest BCUT2D eigenvalue weighted by Gasteiger charge is 2.08. The lowest BCUT2D eigenvalue weighted by Crippen LogP contribution is -2.02. The predicted molar refractivity (Wildman–Crippen MR) is 55.4 cm³/mol. The van der Waals surface area contributed by atoms with Gasteiger partial charge < -0.3 is 9.84 Å². The molecule has 7 heteroatoms. The summed E-state index contributed by atoms with van der Waals surface area (Å²) in [4.78, 5) is 17.8. The molecule has 0 aliphatic carbocycles. The zero-order chi connectivity index (χ0) is 13.1. The second-order valence-corrected chi connectivity index (χ2v) is 3.25. The van der Waals surface area contributed by atoms with Crippen LogP contribution in [-0.4, -0.2) is 21.0 Å². The van der Waals surface area contributed by atoms with Crippen LogP contribution in [-0.2, 0) is 0 Å². The van der Waals surface area contributed by atoms with Gasteiger partial charge >= 0.3 is 5.97 Å². The number of halogens is 2. The number of benzene rings is 1. The summed E-state index contributed by atoms with van der Waals surface area (Å²) < 4.78 is 30.8. The maximum Gasteiger partial charge on any atom is 0.356 e. The van der Waals surface area contributed by atoms with Crippen molar-refractivity contribution in [2.75, 3.05) is 0 Å². The molecule has 1 aromatic carbocycles. The summed E-state index contributed by atoms with van der Waals surface area (Å²) in [7, 11) is 0. The van der Waals surface area contributed by atoms with E-state index >= 15 is 0 Å². The van der Waals surface area contributed by atoms with Crippen molar-refractivity contribution in [2.45, 2.75) is 0 Å². The number of ether oxygens (including phenoxy) is 1. The molecule has 0 saturated carbocycles. The van der Waals surface area contributed by atoms with E-state index in [-0.39, 0.29) is 17.3 Å². The first-order valence-electron chi connectivity index (χ1n) is 4.74. The highest BCUT2D eigenvalue weighted by Crippen LogP contribution is 2.21. The van der Waals surface area contributed by atoms with Gasteiger partial charge in [0.1, 0.15) is 17.4 Å². The van der Waals surface area contributed by atoms with E-state index in [1.807, 2.05) is 0 Å². The summed E-state index contributed by atoms with van der Waals surface area (Å²) in [6.07, 6.45) is 2.16. The van der Waals surface area contributed by atoms with Gasteiger partial charge in [-0.3, -0.25) is 4.98 Å². The van der Waals surface area contributed by atoms with Gasteiger partial charge in [-0.25, -0.2) is 18.6 Å². The topological polar surface area (TPSA) is 72.3 Å². The summed E-state index contributed by atoms with van der Waals surface area (Å²) in [5, 5.41) is 8.69. The van der Waals surface area contributed by atoms with Crippen molar-refractivity contribution >= 4 is 5.97 Å². The van der Waals surface area contributed by atoms with E-state index < -0.39 is 17.6 Å².